The summed E-state index contributed by atoms with van der Waals surface area (Å²) in [6.45, 7) is 6.11. The van der Waals surface area contributed by atoms with E-state index in [-0.39, 0.29) is 5.91 Å². The summed E-state index contributed by atoms with van der Waals surface area (Å²) in [7, 11) is 0. The van der Waals surface area contributed by atoms with Gasteiger partial charge in [0.05, 0.1) is 11.7 Å². The summed E-state index contributed by atoms with van der Waals surface area (Å²) >= 11 is 0. The molecule has 1 atom stereocenters. The Morgan fingerprint density at radius 1 is 1.29 bits per heavy atom. The number of carbonyl (C=O) groups excluding carboxylic acids is 1. The first-order chi connectivity index (χ1) is 9.99. The first-order valence-corrected chi connectivity index (χ1v) is 7.20. The Balaban J connectivity index is 2.13. The molecule has 0 spiro atoms. The fraction of sp³-hybridized carbons (Fsp3) is 0.375. The highest BCUT2D eigenvalue weighted by Crippen LogP contribution is 2.22. The average Bonchev–Trinajstić information content (AvgIpc) is 2.86. The lowest BCUT2D eigenvalue weighted by atomic mass is 10.1. The third-order valence-electron chi connectivity index (χ3n) is 3.30. The van der Waals surface area contributed by atoms with Gasteiger partial charge in [0.1, 0.15) is 0 Å². The minimum atomic E-state index is -0.489. The molecule has 5 nitrogen and oxygen atoms in total. The summed E-state index contributed by atoms with van der Waals surface area (Å²) in [5, 5.41) is 9.81. The number of nitrogens with zero attached hydrogens (tertiary/aromatic N) is 1. The molecule has 0 radical (unpaired) electrons. The summed E-state index contributed by atoms with van der Waals surface area (Å²) in [6.07, 6.45) is 1.54. The molecule has 2 aromatic rings. The first-order valence-electron chi connectivity index (χ1n) is 7.20. The number of aromatic nitrogens is 2. The molecule has 5 heteroatoms. The van der Waals surface area contributed by atoms with Crippen LogP contribution in [0.3, 0.4) is 0 Å². The van der Waals surface area contributed by atoms with Crippen molar-refractivity contribution >= 4 is 11.7 Å². The monoisotopic (exact) mass is 286 g/mol. The second kappa shape index (κ2) is 6.54. The van der Waals surface area contributed by atoms with E-state index in [2.05, 4.69) is 47.6 Å². The first kappa shape index (κ1) is 15.3. The molecular formula is C16H22N4O. The molecule has 1 aromatic carbocycles. The third-order valence-corrected chi connectivity index (χ3v) is 3.30. The van der Waals surface area contributed by atoms with Crippen LogP contribution in [0.15, 0.2) is 24.3 Å². The Bertz CT molecular complexity index is 613. The highest BCUT2D eigenvalue weighted by atomic mass is 16.2. The van der Waals surface area contributed by atoms with Crippen LogP contribution in [0, 0.1) is 13.8 Å². The molecule has 112 valence electrons. The van der Waals surface area contributed by atoms with Gasteiger partial charge in [-0.15, -0.1) is 0 Å². The van der Waals surface area contributed by atoms with Gasteiger partial charge in [-0.3, -0.25) is 9.89 Å². The molecular weight excluding hydrogens is 264 g/mol. The standard InChI is InChI=1S/C16H22N4O/c1-4-5-13(17)16(21)18-15-9-14(19-20-15)12-7-10(2)6-11(3)8-12/h6-9,13H,4-5,17H2,1-3H3,(H2,18,19,20,21). The van der Waals surface area contributed by atoms with Crippen molar-refractivity contribution in [2.24, 2.45) is 5.73 Å². The number of nitrogens with two attached hydrogens (primary N) is 1. The Morgan fingerprint density at radius 3 is 2.57 bits per heavy atom. The molecule has 2 rings (SSSR count). The summed E-state index contributed by atoms with van der Waals surface area (Å²) in [5.41, 5.74) is 10.1. The number of carbonyl (C=O) groups is 1. The van der Waals surface area contributed by atoms with Crippen LogP contribution >= 0.6 is 0 Å². The second-order valence-corrected chi connectivity index (χ2v) is 5.43. The van der Waals surface area contributed by atoms with Crippen LogP contribution in [-0.4, -0.2) is 22.1 Å². The van der Waals surface area contributed by atoms with Crippen LogP contribution in [0.2, 0.25) is 0 Å². The molecule has 0 saturated carbocycles. The quantitative estimate of drug-likeness (QED) is 0.790. The van der Waals surface area contributed by atoms with Crippen LogP contribution in [0.4, 0.5) is 5.82 Å². The van der Waals surface area contributed by atoms with Crippen molar-refractivity contribution in [3.8, 4) is 11.3 Å². The molecule has 0 aliphatic carbocycles. The van der Waals surface area contributed by atoms with Gasteiger partial charge in [-0.2, -0.15) is 5.10 Å². The maximum absolute atomic E-state index is 11.9. The van der Waals surface area contributed by atoms with Gasteiger partial charge in [-0.05, 0) is 32.4 Å². The van der Waals surface area contributed by atoms with Crippen molar-refractivity contribution in [1.29, 1.82) is 0 Å². The number of anilines is 1. The van der Waals surface area contributed by atoms with Crippen LogP contribution in [0.25, 0.3) is 11.3 Å². The lowest BCUT2D eigenvalue weighted by Crippen LogP contribution is -2.35. The molecule has 0 fully saturated rings. The average molecular weight is 286 g/mol. The maximum atomic E-state index is 11.9. The number of hydrogen-bond acceptors (Lipinski definition) is 3. The Labute approximate surface area is 124 Å². The summed E-state index contributed by atoms with van der Waals surface area (Å²) < 4.78 is 0. The van der Waals surface area contributed by atoms with E-state index in [4.69, 9.17) is 5.73 Å². The largest absolute Gasteiger partial charge is 0.320 e. The Hall–Kier alpha value is -2.14. The Kier molecular flexibility index (Phi) is 4.75. The normalized spacial score (nSPS) is 12.2. The van der Waals surface area contributed by atoms with Crippen LogP contribution in [0.1, 0.15) is 30.9 Å². The van der Waals surface area contributed by atoms with Crippen LogP contribution < -0.4 is 11.1 Å². The maximum Gasteiger partial charge on any atom is 0.242 e. The van der Waals surface area contributed by atoms with Crippen molar-refractivity contribution < 1.29 is 4.79 Å². The van der Waals surface area contributed by atoms with E-state index in [9.17, 15) is 4.79 Å². The smallest absolute Gasteiger partial charge is 0.242 e. The fourth-order valence-corrected chi connectivity index (χ4v) is 2.32. The van der Waals surface area contributed by atoms with E-state index in [1.165, 1.54) is 11.1 Å². The molecule has 21 heavy (non-hydrogen) atoms. The molecule has 1 heterocycles. The highest BCUT2D eigenvalue weighted by molar-refractivity contribution is 5.94. The molecule has 4 N–H and O–H groups in total. The minimum Gasteiger partial charge on any atom is -0.320 e. The van der Waals surface area contributed by atoms with Gasteiger partial charge in [-0.25, -0.2) is 0 Å². The second-order valence-electron chi connectivity index (χ2n) is 5.43. The number of aryl methyl sites for hydroxylation is 2. The summed E-state index contributed by atoms with van der Waals surface area (Å²) in [5.74, 6) is 0.302. The van der Waals surface area contributed by atoms with Crippen molar-refractivity contribution in [3.05, 3.63) is 35.4 Å². The molecule has 1 amide bonds. The number of aromatic amines is 1. The summed E-state index contributed by atoms with van der Waals surface area (Å²) in [4.78, 5) is 11.9. The van der Waals surface area contributed by atoms with Gasteiger partial charge in [0.25, 0.3) is 0 Å². The van der Waals surface area contributed by atoms with Gasteiger partial charge >= 0.3 is 0 Å². The predicted octanol–water partition coefficient (Wildman–Crippen LogP) is 2.76. The van der Waals surface area contributed by atoms with Crippen molar-refractivity contribution in [3.63, 3.8) is 0 Å². The molecule has 1 unspecified atom stereocenters. The Morgan fingerprint density at radius 2 is 1.95 bits per heavy atom. The van der Waals surface area contributed by atoms with Crippen molar-refractivity contribution in [2.45, 2.75) is 39.7 Å². The van der Waals surface area contributed by atoms with E-state index in [0.717, 1.165) is 17.7 Å². The van der Waals surface area contributed by atoms with Crippen LogP contribution in [-0.2, 0) is 4.79 Å². The number of H-pyrrole nitrogens is 1. The third kappa shape index (κ3) is 3.92. The lowest BCUT2D eigenvalue weighted by Gasteiger charge is -2.08. The van der Waals surface area contributed by atoms with E-state index in [0.29, 0.717) is 12.2 Å². The molecule has 0 aliphatic rings. The SMILES string of the molecule is CCCC(N)C(=O)Nc1cc(-c2cc(C)cc(C)c2)[nH]n1. The van der Waals surface area contributed by atoms with Gasteiger partial charge in [-0.1, -0.05) is 30.5 Å². The topological polar surface area (TPSA) is 83.8 Å². The number of benzene rings is 1. The van der Waals surface area contributed by atoms with E-state index in [1.54, 1.807) is 0 Å². The zero-order valence-electron chi connectivity index (χ0n) is 12.7. The number of amides is 1. The molecule has 0 bridgehead atoms. The van der Waals surface area contributed by atoms with Gasteiger partial charge in [0, 0.05) is 11.6 Å². The predicted molar refractivity (Wildman–Crippen MR) is 85.0 cm³/mol. The van der Waals surface area contributed by atoms with E-state index in [1.807, 2.05) is 13.0 Å². The van der Waals surface area contributed by atoms with Crippen LogP contribution in [0.5, 0.6) is 0 Å². The number of rotatable bonds is 5. The zero-order chi connectivity index (χ0) is 15.4. The fourth-order valence-electron chi connectivity index (χ4n) is 2.32. The zero-order valence-corrected chi connectivity index (χ0v) is 12.7. The minimum absolute atomic E-state index is 0.199. The lowest BCUT2D eigenvalue weighted by molar-refractivity contribution is -0.117. The molecule has 0 saturated heterocycles. The highest BCUT2D eigenvalue weighted by Gasteiger charge is 2.14. The van der Waals surface area contributed by atoms with Gasteiger partial charge in [0.2, 0.25) is 5.91 Å². The van der Waals surface area contributed by atoms with Gasteiger partial charge < -0.3 is 11.1 Å². The summed E-state index contributed by atoms with van der Waals surface area (Å²) in [6, 6.07) is 7.61. The van der Waals surface area contributed by atoms with E-state index < -0.39 is 6.04 Å². The number of hydrogen-bond donors (Lipinski definition) is 3. The molecule has 0 aliphatic heterocycles. The van der Waals surface area contributed by atoms with Gasteiger partial charge in [0.15, 0.2) is 5.82 Å². The van der Waals surface area contributed by atoms with E-state index >= 15 is 0 Å². The van der Waals surface area contributed by atoms with Crippen molar-refractivity contribution in [1.82, 2.24) is 10.2 Å². The van der Waals surface area contributed by atoms with Crippen molar-refractivity contribution in [2.75, 3.05) is 5.32 Å². The molecule has 1 aromatic heterocycles. The number of nitrogens with one attached hydrogen (secondary N) is 2.